The summed E-state index contributed by atoms with van der Waals surface area (Å²) in [7, 11) is 0. The van der Waals surface area contributed by atoms with Crippen LogP contribution in [0.3, 0.4) is 0 Å². The lowest BCUT2D eigenvalue weighted by atomic mass is 9.71. The molecule has 0 N–H and O–H groups in total. The summed E-state index contributed by atoms with van der Waals surface area (Å²) < 4.78 is 109. The summed E-state index contributed by atoms with van der Waals surface area (Å²) in [6.07, 6.45) is -17.4. The van der Waals surface area contributed by atoms with Crippen molar-refractivity contribution in [2.24, 2.45) is 0 Å². The zero-order chi connectivity index (χ0) is 16.0. The Balaban J connectivity index is 3.30. The molecule has 20 heavy (non-hydrogen) atoms. The van der Waals surface area contributed by atoms with Gasteiger partial charge in [0.05, 0.1) is 11.5 Å². The highest BCUT2D eigenvalue weighted by Crippen LogP contribution is 2.59. The van der Waals surface area contributed by atoms with Gasteiger partial charge < -0.3 is 4.74 Å². The molecule has 0 radical (unpaired) electrons. The van der Waals surface area contributed by atoms with E-state index >= 15 is 0 Å². The molecule has 1 rings (SSSR count). The van der Waals surface area contributed by atoms with Crippen molar-refractivity contribution in [3.8, 4) is 0 Å². The van der Waals surface area contributed by atoms with Crippen molar-refractivity contribution in [2.45, 2.75) is 54.9 Å². The molecule has 10 heteroatoms. The van der Waals surface area contributed by atoms with Crippen LogP contribution in [0.1, 0.15) is 19.8 Å². The largest absolute Gasteiger partial charge is 0.426 e. The summed E-state index contributed by atoms with van der Waals surface area (Å²) in [6, 6.07) is 0. The zero-order valence-corrected chi connectivity index (χ0v) is 10.8. The minimum Gasteiger partial charge on any atom is -0.377 e. The van der Waals surface area contributed by atoms with Crippen molar-refractivity contribution in [1.29, 1.82) is 0 Å². The summed E-state index contributed by atoms with van der Waals surface area (Å²) >= 11 is 5.43. The molecule has 0 aromatic rings. The van der Waals surface area contributed by atoms with E-state index in [-0.39, 0.29) is 6.61 Å². The second-order valence-electron chi connectivity index (χ2n) is 4.52. The molecule has 0 spiro atoms. The summed E-state index contributed by atoms with van der Waals surface area (Å²) in [5.74, 6) is 0. The summed E-state index contributed by atoms with van der Waals surface area (Å²) in [5.41, 5.74) is -10.2. The van der Waals surface area contributed by atoms with E-state index in [2.05, 4.69) is 4.74 Å². The van der Waals surface area contributed by atoms with Crippen LogP contribution in [0.15, 0.2) is 0 Å². The molecule has 120 valence electrons. The maximum Gasteiger partial charge on any atom is 0.426 e. The molecule has 0 heterocycles. The molecule has 0 aliphatic heterocycles. The van der Waals surface area contributed by atoms with E-state index < -0.39 is 48.0 Å². The number of alkyl halides is 9. The van der Waals surface area contributed by atoms with Crippen molar-refractivity contribution in [3.63, 3.8) is 0 Å². The number of hydrogen-bond donors (Lipinski definition) is 0. The monoisotopic (exact) mass is 334 g/mol. The third kappa shape index (κ3) is 2.58. The van der Waals surface area contributed by atoms with Gasteiger partial charge in [-0.25, -0.2) is 8.78 Å². The predicted octanol–water partition coefficient (Wildman–Crippen LogP) is 4.33. The average molecular weight is 335 g/mol. The molecule has 0 amide bonds. The fraction of sp³-hybridized carbons (Fsp3) is 1.00. The van der Waals surface area contributed by atoms with Crippen molar-refractivity contribution in [1.82, 2.24) is 0 Å². The van der Waals surface area contributed by atoms with E-state index in [4.69, 9.17) is 11.6 Å². The van der Waals surface area contributed by atoms with E-state index in [1.165, 1.54) is 6.92 Å². The predicted molar refractivity (Wildman–Crippen MR) is 54.1 cm³/mol. The number of halogens is 9. The standard InChI is InChI=1S/C10H11ClF8O/c1-2-20-6-4-8(13,10(17,18)19)7(12,3-5(6)11)9(14,15)16/h5-6H,2-4H2,1H3/t5-,6-,7+,8-/m1/s1. The first-order chi connectivity index (χ1) is 8.80. The van der Waals surface area contributed by atoms with Gasteiger partial charge >= 0.3 is 12.4 Å². The van der Waals surface area contributed by atoms with Crippen LogP contribution in [0.25, 0.3) is 0 Å². The molecule has 1 fully saturated rings. The average Bonchev–Trinajstić information content (AvgIpc) is 2.23. The molecule has 4 atom stereocenters. The van der Waals surface area contributed by atoms with Gasteiger partial charge in [-0.15, -0.1) is 11.6 Å². The fourth-order valence-electron chi connectivity index (χ4n) is 2.19. The normalized spacial score (nSPS) is 39.9. The molecule has 0 aromatic carbocycles. The third-order valence-corrected chi connectivity index (χ3v) is 3.71. The molecule has 1 aliphatic carbocycles. The first kappa shape index (κ1) is 17.7. The first-order valence-electron chi connectivity index (χ1n) is 5.57. The van der Waals surface area contributed by atoms with Crippen molar-refractivity contribution >= 4 is 11.6 Å². The lowest BCUT2D eigenvalue weighted by molar-refractivity contribution is -0.359. The Morgan fingerprint density at radius 3 is 1.75 bits per heavy atom. The fourth-order valence-corrected chi connectivity index (χ4v) is 2.56. The maximum absolute atomic E-state index is 14.0. The molecule has 1 saturated carbocycles. The van der Waals surface area contributed by atoms with Crippen LogP contribution < -0.4 is 0 Å². The van der Waals surface area contributed by atoms with Crippen LogP contribution in [0.2, 0.25) is 0 Å². The number of rotatable bonds is 2. The minimum absolute atomic E-state index is 0.187. The Labute approximate surface area is 114 Å². The third-order valence-electron chi connectivity index (χ3n) is 3.27. The van der Waals surface area contributed by atoms with Gasteiger partial charge in [-0.1, -0.05) is 0 Å². The molecular formula is C10H11ClF8O. The lowest BCUT2D eigenvalue weighted by Crippen LogP contribution is -2.69. The second kappa shape index (κ2) is 5.15. The summed E-state index contributed by atoms with van der Waals surface area (Å²) in [5, 5.41) is -1.72. The highest BCUT2D eigenvalue weighted by molar-refractivity contribution is 6.21. The van der Waals surface area contributed by atoms with Gasteiger partial charge in [0, 0.05) is 19.4 Å². The molecule has 1 aliphatic rings. The van der Waals surface area contributed by atoms with Crippen molar-refractivity contribution in [3.05, 3.63) is 0 Å². The topological polar surface area (TPSA) is 9.23 Å². The molecule has 0 saturated heterocycles. The van der Waals surface area contributed by atoms with Crippen molar-refractivity contribution in [2.75, 3.05) is 6.61 Å². The summed E-state index contributed by atoms with van der Waals surface area (Å²) in [6.45, 7) is 1.16. The Morgan fingerprint density at radius 2 is 1.40 bits per heavy atom. The van der Waals surface area contributed by atoms with Crippen LogP contribution in [-0.4, -0.2) is 41.8 Å². The van der Waals surface area contributed by atoms with Gasteiger partial charge in [0.25, 0.3) is 5.67 Å². The first-order valence-corrected chi connectivity index (χ1v) is 6.00. The van der Waals surface area contributed by atoms with E-state index in [1.54, 1.807) is 0 Å². The van der Waals surface area contributed by atoms with Gasteiger partial charge in [0.15, 0.2) is 0 Å². The zero-order valence-electron chi connectivity index (χ0n) is 10.1. The Bertz CT molecular complexity index is 356. The van der Waals surface area contributed by atoms with Gasteiger partial charge in [0.2, 0.25) is 5.67 Å². The van der Waals surface area contributed by atoms with E-state index in [0.717, 1.165) is 0 Å². The van der Waals surface area contributed by atoms with Crippen LogP contribution in [0.4, 0.5) is 35.1 Å². The molecule has 1 nitrogen and oxygen atoms in total. The molecule has 0 aromatic heterocycles. The van der Waals surface area contributed by atoms with Gasteiger partial charge in [0.1, 0.15) is 0 Å². The molecule has 0 unspecified atom stereocenters. The summed E-state index contributed by atoms with van der Waals surface area (Å²) in [4.78, 5) is 0. The van der Waals surface area contributed by atoms with Gasteiger partial charge in [-0.3, -0.25) is 0 Å². The highest BCUT2D eigenvalue weighted by atomic mass is 35.5. The van der Waals surface area contributed by atoms with E-state index in [9.17, 15) is 35.1 Å². The quantitative estimate of drug-likeness (QED) is 0.539. The highest BCUT2D eigenvalue weighted by Gasteiger charge is 2.81. The lowest BCUT2D eigenvalue weighted by Gasteiger charge is -2.48. The smallest absolute Gasteiger partial charge is 0.377 e. The Hall–Kier alpha value is -0.310. The van der Waals surface area contributed by atoms with Crippen LogP contribution in [-0.2, 0) is 4.74 Å². The van der Waals surface area contributed by atoms with Crippen molar-refractivity contribution < 1.29 is 39.9 Å². The van der Waals surface area contributed by atoms with Crippen LogP contribution in [0, 0.1) is 0 Å². The Kier molecular flexibility index (Phi) is 4.57. The second-order valence-corrected chi connectivity index (χ2v) is 5.08. The van der Waals surface area contributed by atoms with Gasteiger partial charge in [-0.05, 0) is 6.92 Å². The number of hydrogen-bond acceptors (Lipinski definition) is 1. The van der Waals surface area contributed by atoms with Crippen LogP contribution >= 0.6 is 11.6 Å². The Morgan fingerprint density at radius 1 is 1.00 bits per heavy atom. The minimum atomic E-state index is -6.04. The van der Waals surface area contributed by atoms with Crippen LogP contribution in [0.5, 0.6) is 0 Å². The molecule has 0 bridgehead atoms. The molecular weight excluding hydrogens is 324 g/mol. The number of ether oxygens (including phenoxy) is 1. The SMILES string of the molecule is CCO[C@@H]1C[C@](F)(C(F)(F)F)[C@](F)(C(F)(F)F)C[C@H]1Cl. The van der Waals surface area contributed by atoms with E-state index in [1.807, 2.05) is 0 Å². The van der Waals surface area contributed by atoms with E-state index in [0.29, 0.717) is 0 Å². The maximum atomic E-state index is 14.0. The van der Waals surface area contributed by atoms with Gasteiger partial charge in [-0.2, -0.15) is 26.3 Å².